The Morgan fingerprint density at radius 2 is 1.86 bits per heavy atom. The lowest BCUT2D eigenvalue weighted by Crippen LogP contribution is -2.56. The first-order chi connectivity index (χ1) is 10.8. The first-order valence-corrected chi connectivity index (χ1v) is 10.7. The van der Waals surface area contributed by atoms with Gasteiger partial charge in [-0.3, -0.25) is 0 Å². The van der Waals surface area contributed by atoms with Crippen molar-refractivity contribution >= 4 is 23.5 Å². The van der Waals surface area contributed by atoms with Crippen LogP contribution in [0.4, 0.5) is 0 Å². The van der Waals surface area contributed by atoms with Crippen LogP contribution >= 0.6 is 23.5 Å². The van der Waals surface area contributed by atoms with Crippen molar-refractivity contribution in [1.29, 1.82) is 0 Å². The lowest BCUT2D eigenvalue weighted by Gasteiger charge is -2.52. The van der Waals surface area contributed by atoms with E-state index in [4.69, 9.17) is 14.2 Å². The quantitative estimate of drug-likeness (QED) is 0.773. The van der Waals surface area contributed by atoms with Crippen LogP contribution in [0.2, 0.25) is 0 Å². The second-order valence-corrected chi connectivity index (χ2v) is 9.52. The summed E-state index contributed by atoms with van der Waals surface area (Å²) >= 11 is 4.36. The van der Waals surface area contributed by atoms with Crippen LogP contribution in [0.5, 0.6) is 0 Å². The van der Waals surface area contributed by atoms with E-state index in [1.54, 1.807) is 0 Å². The van der Waals surface area contributed by atoms with Crippen molar-refractivity contribution in [3.05, 3.63) is 0 Å². The van der Waals surface area contributed by atoms with E-state index in [0.717, 1.165) is 25.9 Å². The van der Waals surface area contributed by atoms with E-state index in [1.807, 2.05) is 14.2 Å². The Kier molecular flexibility index (Phi) is 6.41. The van der Waals surface area contributed by atoms with Gasteiger partial charge in [-0.05, 0) is 43.6 Å². The zero-order chi connectivity index (χ0) is 15.4. The molecule has 22 heavy (non-hydrogen) atoms. The molecule has 0 saturated carbocycles. The fraction of sp³-hybridized carbons (Fsp3) is 1.00. The van der Waals surface area contributed by atoms with E-state index < -0.39 is 0 Å². The summed E-state index contributed by atoms with van der Waals surface area (Å²) in [5, 5.41) is 0.713. The van der Waals surface area contributed by atoms with Gasteiger partial charge in [0.25, 0.3) is 0 Å². The summed E-state index contributed by atoms with van der Waals surface area (Å²) in [6, 6.07) is 0. The van der Waals surface area contributed by atoms with Crippen molar-refractivity contribution in [2.24, 2.45) is 0 Å². The molecule has 3 saturated heterocycles. The highest BCUT2D eigenvalue weighted by Gasteiger charge is 2.51. The number of thioether (sulfide) groups is 2. The molecule has 128 valence electrons. The van der Waals surface area contributed by atoms with Gasteiger partial charge in [0.1, 0.15) is 0 Å². The van der Waals surface area contributed by atoms with E-state index in [-0.39, 0.29) is 4.75 Å². The molecule has 0 aromatic rings. The molecule has 0 aliphatic carbocycles. The van der Waals surface area contributed by atoms with Gasteiger partial charge in [0.15, 0.2) is 0 Å². The van der Waals surface area contributed by atoms with Gasteiger partial charge >= 0.3 is 0 Å². The highest BCUT2D eigenvalue weighted by molar-refractivity contribution is 8.04. The number of methoxy groups -OCH3 is 2. The molecule has 5 heteroatoms. The molecular weight excluding hydrogens is 316 g/mol. The highest BCUT2D eigenvalue weighted by Crippen LogP contribution is 2.52. The average molecular weight is 347 g/mol. The van der Waals surface area contributed by atoms with Crippen LogP contribution in [-0.4, -0.2) is 60.6 Å². The minimum Gasteiger partial charge on any atom is -0.381 e. The zero-order valence-electron chi connectivity index (χ0n) is 13.9. The van der Waals surface area contributed by atoms with Gasteiger partial charge in [-0.2, -0.15) is 23.5 Å². The van der Waals surface area contributed by atoms with Crippen LogP contribution in [0.1, 0.15) is 44.9 Å². The Bertz CT molecular complexity index is 349. The maximum Gasteiger partial charge on any atom is 0.0758 e. The van der Waals surface area contributed by atoms with Crippen molar-refractivity contribution in [2.45, 2.75) is 73.3 Å². The fourth-order valence-corrected chi connectivity index (χ4v) is 7.85. The second-order valence-electron chi connectivity index (χ2n) is 6.75. The third-order valence-electron chi connectivity index (χ3n) is 5.53. The van der Waals surface area contributed by atoms with Gasteiger partial charge < -0.3 is 14.2 Å². The summed E-state index contributed by atoms with van der Waals surface area (Å²) in [5.41, 5.74) is 0. The van der Waals surface area contributed by atoms with E-state index in [0.29, 0.717) is 23.6 Å². The van der Waals surface area contributed by atoms with Crippen molar-refractivity contribution in [2.75, 3.05) is 32.3 Å². The van der Waals surface area contributed by atoms with Gasteiger partial charge in [0.05, 0.1) is 23.1 Å². The molecule has 3 heterocycles. The average Bonchev–Trinajstić information content (AvgIpc) is 2.62. The standard InChI is InChI=1S/C17H30O3S2/c1-18-13-6-8-20-15(11-13)17(16-5-3-4-9-21-16)12-14(19-2)7-10-22-17/h13-16H,3-12H2,1-2H3. The van der Waals surface area contributed by atoms with Crippen molar-refractivity contribution in [1.82, 2.24) is 0 Å². The minimum absolute atomic E-state index is 0.223. The number of rotatable bonds is 4. The van der Waals surface area contributed by atoms with Crippen molar-refractivity contribution < 1.29 is 14.2 Å². The maximum absolute atomic E-state index is 6.33. The van der Waals surface area contributed by atoms with Crippen molar-refractivity contribution in [3.63, 3.8) is 0 Å². The molecule has 3 rings (SSSR count). The van der Waals surface area contributed by atoms with Gasteiger partial charge in [-0.25, -0.2) is 0 Å². The molecule has 5 atom stereocenters. The first kappa shape index (κ1) is 17.4. The summed E-state index contributed by atoms with van der Waals surface area (Å²) in [6.07, 6.45) is 9.60. The predicted molar refractivity (Wildman–Crippen MR) is 95.1 cm³/mol. The van der Waals surface area contributed by atoms with E-state index in [9.17, 15) is 0 Å². The molecule has 0 N–H and O–H groups in total. The predicted octanol–water partition coefficient (Wildman–Crippen LogP) is 3.75. The molecule has 3 aliphatic rings. The largest absolute Gasteiger partial charge is 0.381 e. The Morgan fingerprint density at radius 3 is 2.59 bits per heavy atom. The Hall–Kier alpha value is 0.580. The summed E-state index contributed by atoms with van der Waals surface area (Å²) < 4.78 is 18.0. The number of hydrogen-bond acceptors (Lipinski definition) is 5. The molecule has 3 nitrogen and oxygen atoms in total. The third kappa shape index (κ3) is 3.64. The van der Waals surface area contributed by atoms with Gasteiger partial charge in [-0.15, -0.1) is 0 Å². The molecule has 3 aliphatic heterocycles. The minimum atomic E-state index is 0.223. The lowest BCUT2D eigenvalue weighted by molar-refractivity contribution is -0.0819. The van der Waals surface area contributed by atoms with Crippen LogP contribution < -0.4 is 0 Å². The van der Waals surface area contributed by atoms with Crippen LogP contribution in [0.3, 0.4) is 0 Å². The monoisotopic (exact) mass is 346 g/mol. The molecule has 0 bridgehead atoms. The molecule has 5 unspecified atom stereocenters. The van der Waals surface area contributed by atoms with Crippen molar-refractivity contribution in [3.8, 4) is 0 Å². The van der Waals surface area contributed by atoms with E-state index >= 15 is 0 Å². The Labute approximate surface area is 143 Å². The van der Waals surface area contributed by atoms with E-state index in [2.05, 4.69) is 23.5 Å². The fourth-order valence-electron chi connectivity index (χ4n) is 4.20. The maximum atomic E-state index is 6.33. The summed E-state index contributed by atoms with van der Waals surface area (Å²) in [4.78, 5) is 0. The Morgan fingerprint density at radius 1 is 1.00 bits per heavy atom. The molecule has 0 aromatic carbocycles. The Balaban J connectivity index is 1.81. The van der Waals surface area contributed by atoms with Crippen LogP contribution in [0, 0.1) is 0 Å². The number of hydrogen-bond donors (Lipinski definition) is 0. The van der Waals surface area contributed by atoms with Gasteiger partial charge in [-0.1, -0.05) is 6.42 Å². The summed E-state index contributed by atoms with van der Waals surface area (Å²) in [7, 11) is 3.72. The topological polar surface area (TPSA) is 27.7 Å². The van der Waals surface area contributed by atoms with Crippen LogP contribution in [0.25, 0.3) is 0 Å². The summed E-state index contributed by atoms with van der Waals surface area (Å²) in [6.45, 7) is 0.848. The van der Waals surface area contributed by atoms with Crippen LogP contribution in [0.15, 0.2) is 0 Å². The zero-order valence-corrected chi connectivity index (χ0v) is 15.6. The van der Waals surface area contributed by atoms with E-state index in [1.165, 1.54) is 37.2 Å². The van der Waals surface area contributed by atoms with Gasteiger partial charge in [0, 0.05) is 32.5 Å². The smallest absolute Gasteiger partial charge is 0.0758 e. The first-order valence-electron chi connectivity index (χ1n) is 8.71. The number of ether oxygens (including phenoxy) is 3. The van der Waals surface area contributed by atoms with Crippen LogP contribution in [-0.2, 0) is 14.2 Å². The van der Waals surface area contributed by atoms with Gasteiger partial charge in [0.2, 0.25) is 0 Å². The highest BCUT2D eigenvalue weighted by atomic mass is 32.2. The lowest BCUT2D eigenvalue weighted by atomic mass is 9.83. The molecule has 0 amide bonds. The summed E-state index contributed by atoms with van der Waals surface area (Å²) in [5.74, 6) is 2.51. The second kappa shape index (κ2) is 8.11. The molecule has 3 fully saturated rings. The molecular formula is C17H30O3S2. The molecule has 0 radical (unpaired) electrons. The molecule has 0 spiro atoms. The molecule has 0 aromatic heterocycles. The third-order valence-corrected chi connectivity index (χ3v) is 8.95. The normalized spacial score (nSPS) is 43.9. The SMILES string of the molecule is COC1CCOC(C2(C3CCCCS3)CC(OC)CCS2)C1.